The fourth-order valence-electron chi connectivity index (χ4n) is 2.32. The Labute approximate surface area is 102 Å². The molecule has 0 atom stereocenters. The van der Waals surface area contributed by atoms with E-state index in [0.29, 0.717) is 5.82 Å². The molecule has 2 nitrogen and oxygen atoms in total. The average Bonchev–Trinajstić information content (AvgIpc) is 2.34. The van der Waals surface area contributed by atoms with Crippen LogP contribution in [0.1, 0.15) is 22.4 Å². The Kier molecular flexibility index (Phi) is 2.56. The molecule has 17 heavy (non-hydrogen) atoms. The Morgan fingerprint density at radius 2 is 1.41 bits per heavy atom. The van der Waals surface area contributed by atoms with Gasteiger partial charge < -0.3 is 5.73 Å². The number of anilines is 1. The molecule has 1 aromatic carbocycles. The van der Waals surface area contributed by atoms with E-state index in [0.717, 1.165) is 31.4 Å². The molecule has 2 heteroatoms. The third-order valence-corrected chi connectivity index (χ3v) is 3.45. The molecular formula is C15H16N2. The van der Waals surface area contributed by atoms with E-state index in [4.69, 9.17) is 5.73 Å². The second kappa shape index (κ2) is 4.21. The number of nitrogen functional groups attached to an aromatic ring is 1. The minimum Gasteiger partial charge on any atom is -0.383 e. The zero-order valence-corrected chi connectivity index (χ0v) is 9.82. The second-order valence-corrected chi connectivity index (χ2v) is 4.66. The molecule has 86 valence electrons. The van der Waals surface area contributed by atoms with Gasteiger partial charge in [-0.05, 0) is 48.4 Å². The summed E-state index contributed by atoms with van der Waals surface area (Å²) in [4.78, 5) is 4.48. The van der Waals surface area contributed by atoms with Crippen LogP contribution >= 0.6 is 0 Å². The molecule has 0 spiro atoms. The van der Waals surface area contributed by atoms with Crippen molar-refractivity contribution in [2.45, 2.75) is 25.7 Å². The lowest BCUT2D eigenvalue weighted by Crippen LogP contribution is -2.05. The van der Waals surface area contributed by atoms with Gasteiger partial charge in [-0.2, -0.15) is 0 Å². The predicted molar refractivity (Wildman–Crippen MR) is 69.9 cm³/mol. The number of aryl methyl sites for hydroxylation is 4. The Morgan fingerprint density at radius 3 is 2.06 bits per heavy atom. The molecule has 0 unspecified atom stereocenters. The van der Waals surface area contributed by atoms with Crippen molar-refractivity contribution in [3.05, 3.63) is 58.8 Å². The van der Waals surface area contributed by atoms with Crippen LogP contribution in [0.25, 0.3) is 0 Å². The Hall–Kier alpha value is -1.83. The first kappa shape index (κ1) is 10.3. The molecule has 0 radical (unpaired) electrons. The highest BCUT2D eigenvalue weighted by atomic mass is 14.8. The van der Waals surface area contributed by atoms with Gasteiger partial charge in [0.25, 0.3) is 0 Å². The summed E-state index contributed by atoms with van der Waals surface area (Å²) in [6.07, 6.45) is 4.00. The van der Waals surface area contributed by atoms with Crippen LogP contribution in [0.3, 0.4) is 0 Å². The second-order valence-electron chi connectivity index (χ2n) is 4.66. The molecule has 4 aliphatic rings. The summed E-state index contributed by atoms with van der Waals surface area (Å²) in [5.41, 5.74) is 11.0. The maximum Gasteiger partial charge on any atom is 0.126 e. The van der Waals surface area contributed by atoms with Gasteiger partial charge >= 0.3 is 0 Å². The third kappa shape index (κ3) is 2.16. The smallest absolute Gasteiger partial charge is 0.126 e. The first-order valence-corrected chi connectivity index (χ1v) is 6.13. The lowest BCUT2D eigenvalue weighted by atomic mass is 9.99. The SMILES string of the molecule is Nc1nc2ccc1CCc1ccc(cc1)CC2. The number of nitrogens with zero attached hydrogens (tertiary/aromatic N) is 1. The zero-order valence-electron chi connectivity index (χ0n) is 9.82. The molecule has 0 fully saturated rings. The molecular weight excluding hydrogens is 208 g/mol. The van der Waals surface area contributed by atoms with Crippen molar-refractivity contribution in [1.29, 1.82) is 0 Å². The fourth-order valence-corrected chi connectivity index (χ4v) is 2.32. The number of rotatable bonds is 0. The van der Waals surface area contributed by atoms with Crippen LogP contribution in [-0.4, -0.2) is 4.98 Å². The van der Waals surface area contributed by atoms with E-state index in [1.807, 2.05) is 0 Å². The van der Waals surface area contributed by atoms with Crippen molar-refractivity contribution in [2.75, 3.05) is 5.73 Å². The third-order valence-electron chi connectivity index (χ3n) is 3.45. The maximum atomic E-state index is 5.99. The van der Waals surface area contributed by atoms with E-state index >= 15 is 0 Å². The van der Waals surface area contributed by atoms with Crippen molar-refractivity contribution in [3.8, 4) is 0 Å². The van der Waals surface area contributed by atoms with Crippen molar-refractivity contribution in [2.24, 2.45) is 0 Å². The van der Waals surface area contributed by atoms with Gasteiger partial charge in [0, 0.05) is 5.69 Å². The number of nitrogens with two attached hydrogens (primary N) is 1. The molecule has 2 aliphatic heterocycles. The molecule has 0 amide bonds. The van der Waals surface area contributed by atoms with Gasteiger partial charge in [-0.1, -0.05) is 30.3 Å². The molecule has 2 aliphatic carbocycles. The van der Waals surface area contributed by atoms with Gasteiger partial charge in [-0.25, -0.2) is 4.98 Å². The number of hydrogen-bond acceptors (Lipinski definition) is 2. The summed E-state index contributed by atoms with van der Waals surface area (Å²) in [6, 6.07) is 13.2. The first-order chi connectivity index (χ1) is 8.31. The van der Waals surface area contributed by atoms with E-state index in [9.17, 15) is 0 Å². The van der Waals surface area contributed by atoms with Crippen LogP contribution in [0, 0.1) is 0 Å². The maximum absolute atomic E-state index is 5.99. The molecule has 4 bridgehead atoms. The van der Waals surface area contributed by atoms with Crippen LogP contribution in [0.15, 0.2) is 36.4 Å². The van der Waals surface area contributed by atoms with Gasteiger partial charge in [0.1, 0.15) is 5.82 Å². The highest BCUT2D eigenvalue weighted by Gasteiger charge is 2.06. The molecule has 0 saturated carbocycles. The van der Waals surface area contributed by atoms with Gasteiger partial charge in [-0.3, -0.25) is 0 Å². The molecule has 0 saturated heterocycles. The van der Waals surface area contributed by atoms with Gasteiger partial charge in [-0.15, -0.1) is 0 Å². The van der Waals surface area contributed by atoms with Crippen LogP contribution in [0.2, 0.25) is 0 Å². The largest absolute Gasteiger partial charge is 0.383 e. The zero-order chi connectivity index (χ0) is 11.7. The van der Waals surface area contributed by atoms with Crippen molar-refractivity contribution in [3.63, 3.8) is 0 Å². The molecule has 1 aromatic heterocycles. The van der Waals surface area contributed by atoms with Gasteiger partial charge in [0.15, 0.2) is 0 Å². The summed E-state index contributed by atoms with van der Waals surface area (Å²) in [7, 11) is 0. The lowest BCUT2D eigenvalue weighted by molar-refractivity contribution is 0.886. The topological polar surface area (TPSA) is 38.9 Å². The van der Waals surface area contributed by atoms with Crippen molar-refractivity contribution in [1.82, 2.24) is 4.98 Å². The minimum absolute atomic E-state index is 0.706. The van der Waals surface area contributed by atoms with Crippen molar-refractivity contribution >= 4 is 5.82 Å². The van der Waals surface area contributed by atoms with Gasteiger partial charge in [0.2, 0.25) is 0 Å². The number of benzene rings is 1. The van der Waals surface area contributed by atoms with E-state index in [2.05, 4.69) is 41.4 Å². The molecule has 2 aromatic rings. The molecule has 6 rings (SSSR count). The van der Waals surface area contributed by atoms with Crippen molar-refractivity contribution < 1.29 is 0 Å². The predicted octanol–water partition coefficient (Wildman–Crippen LogP) is 2.55. The Morgan fingerprint density at radius 1 is 0.765 bits per heavy atom. The summed E-state index contributed by atoms with van der Waals surface area (Å²) < 4.78 is 0. The quantitative estimate of drug-likeness (QED) is 0.747. The van der Waals surface area contributed by atoms with Crippen LogP contribution < -0.4 is 5.73 Å². The highest BCUT2D eigenvalue weighted by Crippen LogP contribution is 2.17. The highest BCUT2D eigenvalue weighted by molar-refractivity contribution is 5.41. The van der Waals surface area contributed by atoms with E-state index in [1.165, 1.54) is 16.7 Å². The number of pyridine rings is 1. The fraction of sp³-hybridized carbons (Fsp3) is 0.267. The summed E-state index contributed by atoms with van der Waals surface area (Å²) in [5.74, 6) is 0.706. The minimum atomic E-state index is 0.706. The standard InChI is InChI=1S/C15H16N2/c16-15-13-7-5-11-1-3-12(4-2-11)6-9-14(17-15)10-8-13/h1-4,8,10H,5-7,9H2,(H2,16,17). The molecule has 2 N–H and O–H groups in total. The first-order valence-electron chi connectivity index (χ1n) is 6.13. The van der Waals surface area contributed by atoms with E-state index < -0.39 is 0 Å². The summed E-state index contributed by atoms with van der Waals surface area (Å²) in [5, 5.41) is 0. The summed E-state index contributed by atoms with van der Waals surface area (Å²) >= 11 is 0. The molecule has 3 heterocycles. The number of aromatic nitrogens is 1. The number of hydrogen-bond donors (Lipinski definition) is 1. The van der Waals surface area contributed by atoms with E-state index in [-0.39, 0.29) is 0 Å². The normalized spacial score (nSPS) is 14.4. The van der Waals surface area contributed by atoms with Crippen LogP contribution in [-0.2, 0) is 25.7 Å². The Bertz CT molecular complexity index is 529. The van der Waals surface area contributed by atoms with Gasteiger partial charge in [0.05, 0.1) is 0 Å². The summed E-state index contributed by atoms with van der Waals surface area (Å²) in [6.45, 7) is 0. The lowest BCUT2D eigenvalue weighted by Gasteiger charge is -2.10. The van der Waals surface area contributed by atoms with Crippen LogP contribution in [0.5, 0.6) is 0 Å². The monoisotopic (exact) mass is 224 g/mol. The average molecular weight is 224 g/mol. The van der Waals surface area contributed by atoms with Crippen LogP contribution in [0.4, 0.5) is 5.82 Å². The van der Waals surface area contributed by atoms with E-state index in [1.54, 1.807) is 0 Å². The Balaban J connectivity index is 2.00.